The Hall–Kier alpha value is -0.170. The molecule has 18 heavy (non-hydrogen) atoms. The van der Waals surface area contributed by atoms with E-state index in [-0.39, 0.29) is 0 Å². The quantitative estimate of drug-likeness (QED) is 0.816. The van der Waals surface area contributed by atoms with E-state index < -0.39 is 15.7 Å². The van der Waals surface area contributed by atoms with Gasteiger partial charge in [-0.25, -0.2) is 0 Å². The number of nitrogens with zero attached hydrogens (tertiary/aromatic N) is 2. The van der Waals surface area contributed by atoms with Gasteiger partial charge in [0.25, 0.3) is 10.2 Å². The van der Waals surface area contributed by atoms with Crippen LogP contribution in [0.4, 0.5) is 0 Å². The molecular weight excluding hydrogens is 250 g/mol. The molecule has 6 heteroatoms. The van der Waals surface area contributed by atoms with Crippen molar-refractivity contribution >= 4 is 10.2 Å². The average Bonchev–Trinajstić information content (AvgIpc) is 2.37. The molecule has 0 aromatic rings. The van der Waals surface area contributed by atoms with Gasteiger partial charge in [-0.15, -0.1) is 0 Å². The molecule has 0 aromatic carbocycles. The van der Waals surface area contributed by atoms with Crippen molar-refractivity contribution < 1.29 is 8.42 Å². The summed E-state index contributed by atoms with van der Waals surface area (Å²) in [4.78, 5) is 0. The van der Waals surface area contributed by atoms with Gasteiger partial charge in [0.1, 0.15) is 0 Å². The van der Waals surface area contributed by atoms with Gasteiger partial charge < -0.3 is 5.73 Å². The first-order chi connectivity index (χ1) is 8.28. The van der Waals surface area contributed by atoms with Crippen molar-refractivity contribution in [2.75, 3.05) is 26.7 Å². The fourth-order valence-electron chi connectivity index (χ4n) is 2.16. The molecule has 1 aliphatic heterocycles. The van der Waals surface area contributed by atoms with Crippen LogP contribution in [0.25, 0.3) is 0 Å². The maximum absolute atomic E-state index is 12.6. The molecule has 1 aliphatic rings. The topological polar surface area (TPSA) is 66.6 Å². The van der Waals surface area contributed by atoms with E-state index in [9.17, 15) is 8.42 Å². The first-order valence-electron chi connectivity index (χ1n) is 6.72. The van der Waals surface area contributed by atoms with Crippen molar-refractivity contribution in [2.24, 2.45) is 11.7 Å². The Kier molecular flexibility index (Phi) is 5.17. The van der Waals surface area contributed by atoms with E-state index in [2.05, 4.69) is 6.92 Å². The van der Waals surface area contributed by atoms with Gasteiger partial charge in [-0.2, -0.15) is 17.0 Å². The van der Waals surface area contributed by atoms with E-state index in [0.717, 1.165) is 12.8 Å². The Labute approximate surface area is 112 Å². The summed E-state index contributed by atoms with van der Waals surface area (Å²) in [6, 6.07) is 0. The number of nitrogens with two attached hydrogens (primary N) is 1. The van der Waals surface area contributed by atoms with E-state index in [1.54, 1.807) is 11.4 Å². The predicted octanol–water partition coefficient (Wildman–Crippen LogP) is 1.02. The highest BCUT2D eigenvalue weighted by molar-refractivity contribution is 7.86. The molecule has 108 valence electrons. The lowest BCUT2D eigenvalue weighted by molar-refractivity contribution is 0.206. The minimum atomic E-state index is -3.38. The van der Waals surface area contributed by atoms with Gasteiger partial charge in [0.2, 0.25) is 0 Å². The molecule has 1 atom stereocenters. The molecule has 0 aromatic heterocycles. The van der Waals surface area contributed by atoms with E-state index in [1.165, 1.54) is 4.31 Å². The van der Waals surface area contributed by atoms with Crippen molar-refractivity contribution in [1.29, 1.82) is 0 Å². The predicted molar refractivity (Wildman–Crippen MR) is 74.4 cm³/mol. The van der Waals surface area contributed by atoms with Crippen LogP contribution in [0.3, 0.4) is 0 Å². The molecule has 0 saturated carbocycles. The lowest BCUT2D eigenvalue weighted by Gasteiger charge is -2.40. The van der Waals surface area contributed by atoms with Crippen molar-refractivity contribution in [2.45, 2.75) is 45.6 Å². The number of likely N-dealkylation sites (N-methyl/N-ethyl adjacent to an activating group) is 1. The first kappa shape index (κ1) is 15.9. The zero-order chi connectivity index (χ0) is 14.0. The smallest absolute Gasteiger partial charge is 0.282 e. The van der Waals surface area contributed by atoms with E-state index >= 15 is 0 Å². The Morgan fingerprint density at radius 2 is 1.89 bits per heavy atom. The summed E-state index contributed by atoms with van der Waals surface area (Å²) in [7, 11) is -1.74. The summed E-state index contributed by atoms with van der Waals surface area (Å²) < 4.78 is 28.2. The SMILES string of the molecule is CCC(C)(CN)N(C)S(=O)(=O)N1CCC(C)CC1. The highest BCUT2D eigenvalue weighted by Gasteiger charge is 2.38. The molecule has 0 spiro atoms. The highest BCUT2D eigenvalue weighted by atomic mass is 32.2. The third-order valence-electron chi connectivity index (χ3n) is 4.38. The Bertz CT molecular complexity index is 358. The third-order valence-corrected chi connectivity index (χ3v) is 6.53. The fraction of sp³-hybridized carbons (Fsp3) is 1.00. The van der Waals surface area contributed by atoms with E-state index in [1.807, 2.05) is 13.8 Å². The van der Waals surface area contributed by atoms with E-state index in [4.69, 9.17) is 5.73 Å². The summed E-state index contributed by atoms with van der Waals surface area (Å²) >= 11 is 0. The maximum Gasteiger partial charge on any atom is 0.282 e. The molecule has 1 saturated heterocycles. The van der Waals surface area contributed by atoms with Gasteiger partial charge in [-0.1, -0.05) is 13.8 Å². The lowest BCUT2D eigenvalue weighted by Crippen LogP contribution is -2.56. The second-order valence-corrected chi connectivity index (χ2v) is 7.57. The summed E-state index contributed by atoms with van der Waals surface area (Å²) in [6.45, 7) is 7.62. The van der Waals surface area contributed by atoms with Crippen LogP contribution in [-0.2, 0) is 10.2 Å². The summed E-state index contributed by atoms with van der Waals surface area (Å²) in [6.07, 6.45) is 2.60. The lowest BCUT2D eigenvalue weighted by atomic mass is 10.00. The minimum absolute atomic E-state index is 0.337. The van der Waals surface area contributed by atoms with Crippen LogP contribution in [0.2, 0.25) is 0 Å². The normalized spacial score (nSPS) is 23.2. The fourth-order valence-corrected chi connectivity index (χ4v) is 3.94. The van der Waals surface area contributed by atoms with Gasteiger partial charge in [0, 0.05) is 32.2 Å². The Morgan fingerprint density at radius 1 is 1.39 bits per heavy atom. The molecule has 1 heterocycles. The second-order valence-electron chi connectivity index (χ2n) is 5.61. The second kappa shape index (κ2) is 5.86. The molecule has 0 amide bonds. The van der Waals surface area contributed by atoms with Gasteiger partial charge in [0.05, 0.1) is 0 Å². The third kappa shape index (κ3) is 3.04. The molecule has 2 N–H and O–H groups in total. The van der Waals surface area contributed by atoms with Crippen molar-refractivity contribution in [3.05, 3.63) is 0 Å². The molecule has 1 rings (SSSR count). The average molecular weight is 277 g/mol. The molecular formula is C12H27N3O2S. The van der Waals surface area contributed by atoms with Crippen LogP contribution in [0.15, 0.2) is 0 Å². The van der Waals surface area contributed by atoms with Crippen molar-refractivity contribution in [1.82, 2.24) is 8.61 Å². The van der Waals surface area contributed by atoms with E-state index in [0.29, 0.717) is 32.0 Å². The zero-order valence-corrected chi connectivity index (χ0v) is 12.8. The van der Waals surface area contributed by atoms with Crippen LogP contribution in [-0.4, -0.2) is 49.2 Å². The Balaban J connectivity index is 2.86. The van der Waals surface area contributed by atoms with Gasteiger partial charge >= 0.3 is 0 Å². The van der Waals surface area contributed by atoms with Crippen molar-refractivity contribution in [3.8, 4) is 0 Å². The number of hydrogen-bond donors (Lipinski definition) is 1. The van der Waals surface area contributed by atoms with Gasteiger partial charge in [-0.3, -0.25) is 0 Å². The Morgan fingerprint density at radius 3 is 2.28 bits per heavy atom. The van der Waals surface area contributed by atoms with Gasteiger partial charge in [0.15, 0.2) is 0 Å². The molecule has 0 radical (unpaired) electrons. The highest BCUT2D eigenvalue weighted by Crippen LogP contribution is 2.25. The zero-order valence-electron chi connectivity index (χ0n) is 12.0. The summed E-state index contributed by atoms with van der Waals surface area (Å²) in [5, 5.41) is 0. The maximum atomic E-state index is 12.6. The van der Waals surface area contributed by atoms with Crippen LogP contribution >= 0.6 is 0 Å². The number of piperidine rings is 1. The molecule has 5 nitrogen and oxygen atoms in total. The number of rotatable bonds is 5. The monoisotopic (exact) mass is 277 g/mol. The first-order valence-corrected chi connectivity index (χ1v) is 8.12. The largest absolute Gasteiger partial charge is 0.329 e. The molecule has 1 unspecified atom stereocenters. The number of hydrogen-bond acceptors (Lipinski definition) is 3. The van der Waals surface area contributed by atoms with Crippen LogP contribution in [0.1, 0.15) is 40.0 Å². The van der Waals surface area contributed by atoms with Crippen LogP contribution < -0.4 is 5.73 Å². The molecule has 0 bridgehead atoms. The van der Waals surface area contributed by atoms with Gasteiger partial charge in [-0.05, 0) is 32.1 Å². The molecule has 0 aliphatic carbocycles. The summed E-state index contributed by atoms with van der Waals surface area (Å²) in [5.41, 5.74) is 5.24. The minimum Gasteiger partial charge on any atom is -0.329 e. The molecule has 1 fully saturated rings. The van der Waals surface area contributed by atoms with Crippen LogP contribution in [0.5, 0.6) is 0 Å². The van der Waals surface area contributed by atoms with Crippen molar-refractivity contribution in [3.63, 3.8) is 0 Å². The van der Waals surface area contributed by atoms with Crippen LogP contribution in [0, 0.1) is 5.92 Å². The summed E-state index contributed by atoms with van der Waals surface area (Å²) in [5.74, 6) is 0.619. The standard InChI is InChI=1S/C12H27N3O2S/c1-5-12(3,10-13)14(4)18(16,17)15-8-6-11(2)7-9-15/h11H,5-10,13H2,1-4H3.